The highest BCUT2D eigenvalue weighted by Gasteiger charge is 2.34. The van der Waals surface area contributed by atoms with Crippen LogP contribution in [0.3, 0.4) is 0 Å². The maximum atomic E-state index is 9.28. The van der Waals surface area contributed by atoms with Gasteiger partial charge in [0.25, 0.3) is 0 Å². The Morgan fingerprint density at radius 3 is 2.88 bits per heavy atom. The first-order valence-electron chi connectivity index (χ1n) is 6.21. The van der Waals surface area contributed by atoms with Crippen molar-refractivity contribution in [2.75, 3.05) is 32.9 Å². The summed E-state index contributed by atoms with van der Waals surface area (Å²) in [5, 5.41) is 9.28. The van der Waals surface area contributed by atoms with Gasteiger partial charge in [0.05, 0.1) is 37.6 Å². The van der Waals surface area contributed by atoms with Gasteiger partial charge in [-0.25, -0.2) is 0 Å². The van der Waals surface area contributed by atoms with E-state index in [9.17, 15) is 5.11 Å². The third-order valence-corrected chi connectivity index (χ3v) is 3.55. The molecule has 0 amide bonds. The molecule has 2 fully saturated rings. The van der Waals surface area contributed by atoms with Crippen molar-refractivity contribution in [3.8, 4) is 0 Å². The average molecular weight is 229 g/mol. The highest BCUT2D eigenvalue weighted by atomic mass is 16.5. The van der Waals surface area contributed by atoms with Gasteiger partial charge in [0.15, 0.2) is 0 Å². The highest BCUT2D eigenvalue weighted by molar-refractivity contribution is 4.85. The number of nitrogens with zero attached hydrogens (tertiary/aromatic N) is 1. The quantitative estimate of drug-likeness (QED) is 0.771. The van der Waals surface area contributed by atoms with Gasteiger partial charge in [-0.05, 0) is 26.7 Å². The molecule has 2 atom stereocenters. The van der Waals surface area contributed by atoms with Gasteiger partial charge >= 0.3 is 0 Å². The zero-order valence-electron chi connectivity index (χ0n) is 10.3. The standard InChI is InChI=1S/C12H23NO3/c1-12(2)4-3-11(16-12)7-13-5-6-15-9-10(13)8-14/h10-11,14H,3-9H2,1-2H3. The molecular weight excluding hydrogens is 206 g/mol. The molecule has 0 aromatic carbocycles. The predicted octanol–water partition coefficient (Wildman–Crippen LogP) is 0.637. The predicted molar refractivity (Wildman–Crippen MR) is 61.5 cm³/mol. The van der Waals surface area contributed by atoms with Crippen molar-refractivity contribution in [2.45, 2.75) is 44.4 Å². The Morgan fingerprint density at radius 1 is 1.44 bits per heavy atom. The Bertz CT molecular complexity index is 232. The lowest BCUT2D eigenvalue weighted by Gasteiger charge is -2.36. The molecule has 0 aliphatic carbocycles. The molecule has 16 heavy (non-hydrogen) atoms. The molecule has 2 aliphatic rings. The molecule has 2 saturated heterocycles. The lowest BCUT2D eigenvalue weighted by Crippen LogP contribution is -2.50. The van der Waals surface area contributed by atoms with E-state index in [1.807, 2.05) is 0 Å². The molecule has 2 unspecified atom stereocenters. The topological polar surface area (TPSA) is 41.9 Å². The first-order valence-corrected chi connectivity index (χ1v) is 6.21. The Hall–Kier alpha value is -0.160. The lowest BCUT2D eigenvalue weighted by atomic mass is 10.1. The van der Waals surface area contributed by atoms with Crippen molar-refractivity contribution in [3.63, 3.8) is 0 Å². The minimum atomic E-state index is 0.0334. The summed E-state index contributed by atoms with van der Waals surface area (Å²) >= 11 is 0. The molecule has 0 saturated carbocycles. The van der Waals surface area contributed by atoms with Crippen LogP contribution < -0.4 is 0 Å². The van der Waals surface area contributed by atoms with Crippen LogP contribution in [0.5, 0.6) is 0 Å². The second-order valence-corrected chi connectivity index (χ2v) is 5.44. The third kappa shape index (κ3) is 2.94. The molecule has 94 valence electrons. The molecule has 0 bridgehead atoms. The summed E-state index contributed by atoms with van der Waals surface area (Å²) < 4.78 is 11.3. The van der Waals surface area contributed by atoms with Crippen LogP contribution in [0.4, 0.5) is 0 Å². The third-order valence-electron chi connectivity index (χ3n) is 3.55. The van der Waals surface area contributed by atoms with Crippen LogP contribution in [0, 0.1) is 0 Å². The molecule has 0 spiro atoms. The molecule has 0 radical (unpaired) electrons. The van der Waals surface area contributed by atoms with E-state index in [1.165, 1.54) is 0 Å². The van der Waals surface area contributed by atoms with Crippen LogP contribution in [0.15, 0.2) is 0 Å². The summed E-state index contributed by atoms with van der Waals surface area (Å²) in [7, 11) is 0. The Balaban J connectivity index is 1.84. The van der Waals surface area contributed by atoms with E-state index in [0.717, 1.165) is 32.5 Å². The second kappa shape index (κ2) is 5.00. The summed E-state index contributed by atoms with van der Waals surface area (Å²) in [5.74, 6) is 0. The first kappa shape index (κ1) is 12.3. The van der Waals surface area contributed by atoms with Crippen LogP contribution in [-0.4, -0.2) is 60.7 Å². The van der Waals surface area contributed by atoms with E-state index >= 15 is 0 Å². The van der Waals surface area contributed by atoms with Crippen LogP contribution in [-0.2, 0) is 9.47 Å². The fourth-order valence-corrected chi connectivity index (χ4v) is 2.57. The van der Waals surface area contributed by atoms with Gasteiger partial charge in [-0.3, -0.25) is 4.90 Å². The van der Waals surface area contributed by atoms with Gasteiger partial charge in [0.2, 0.25) is 0 Å². The molecule has 2 rings (SSSR count). The van der Waals surface area contributed by atoms with Crippen LogP contribution in [0.25, 0.3) is 0 Å². The highest BCUT2D eigenvalue weighted by Crippen LogP contribution is 2.30. The van der Waals surface area contributed by atoms with Crippen molar-refractivity contribution >= 4 is 0 Å². The molecule has 4 nitrogen and oxygen atoms in total. The largest absolute Gasteiger partial charge is 0.395 e. The summed E-state index contributed by atoms with van der Waals surface area (Å²) in [6.07, 6.45) is 2.58. The molecule has 0 aromatic rings. The molecule has 0 aromatic heterocycles. The maximum absolute atomic E-state index is 9.28. The van der Waals surface area contributed by atoms with Gasteiger partial charge in [-0.15, -0.1) is 0 Å². The summed E-state index contributed by atoms with van der Waals surface area (Å²) in [6.45, 7) is 7.73. The molecule has 2 heterocycles. The van der Waals surface area contributed by atoms with Crippen molar-refractivity contribution in [2.24, 2.45) is 0 Å². The summed E-state index contributed by atoms with van der Waals surface area (Å²) in [4.78, 5) is 2.30. The van der Waals surface area contributed by atoms with Gasteiger partial charge in [-0.2, -0.15) is 0 Å². The van der Waals surface area contributed by atoms with Crippen LogP contribution in [0.1, 0.15) is 26.7 Å². The number of aliphatic hydroxyl groups excluding tert-OH is 1. The molecule has 1 N–H and O–H groups in total. The van der Waals surface area contributed by atoms with E-state index in [0.29, 0.717) is 12.7 Å². The van der Waals surface area contributed by atoms with Crippen LogP contribution >= 0.6 is 0 Å². The second-order valence-electron chi connectivity index (χ2n) is 5.44. The summed E-state index contributed by atoms with van der Waals surface area (Å²) in [5.41, 5.74) is 0.0334. The van der Waals surface area contributed by atoms with Crippen molar-refractivity contribution in [3.05, 3.63) is 0 Å². The lowest BCUT2D eigenvalue weighted by molar-refractivity contribution is -0.0697. The monoisotopic (exact) mass is 229 g/mol. The van der Waals surface area contributed by atoms with E-state index in [2.05, 4.69) is 18.7 Å². The van der Waals surface area contributed by atoms with Gasteiger partial charge in [0.1, 0.15) is 0 Å². The maximum Gasteiger partial charge on any atom is 0.0710 e. The van der Waals surface area contributed by atoms with Gasteiger partial charge in [-0.1, -0.05) is 0 Å². The Labute approximate surface area is 97.5 Å². The number of rotatable bonds is 3. The van der Waals surface area contributed by atoms with E-state index in [4.69, 9.17) is 9.47 Å². The zero-order valence-corrected chi connectivity index (χ0v) is 10.3. The molecule has 2 aliphatic heterocycles. The number of aliphatic hydroxyl groups is 1. The molecular formula is C12H23NO3. The minimum Gasteiger partial charge on any atom is -0.395 e. The van der Waals surface area contributed by atoms with Gasteiger partial charge in [0, 0.05) is 13.1 Å². The van der Waals surface area contributed by atoms with E-state index in [1.54, 1.807) is 0 Å². The number of ether oxygens (including phenoxy) is 2. The van der Waals surface area contributed by atoms with Crippen molar-refractivity contribution in [1.82, 2.24) is 4.90 Å². The number of hydrogen-bond donors (Lipinski definition) is 1. The fraction of sp³-hybridized carbons (Fsp3) is 1.00. The SMILES string of the molecule is CC1(C)CCC(CN2CCOCC2CO)O1. The number of hydrogen-bond acceptors (Lipinski definition) is 4. The van der Waals surface area contributed by atoms with Crippen molar-refractivity contribution < 1.29 is 14.6 Å². The Kier molecular flexibility index (Phi) is 3.85. The smallest absolute Gasteiger partial charge is 0.0710 e. The van der Waals surface area contributed by atoms with E-state index < -0.39 is 0 Å². The first-order chi connectivity index (χ1) is 7.61. The van der Waals surface area contributed by atoms with Crippen molar-refractivity contribution in [1.29, 1.82) is 0 Å². The normalized spacial score (nSPS) is 35.4. The minimum absolute atomic E-state index is 0.0334. The zero-order chi connectivity index (χ0) is 11.6. The van der Waals surface area contributed by atoms with Crippen LogP contribution in [0.2, 0.25) is 0 Å². The molecule has 4 heteroatoms. The van der Waals surface area contributed by atoms with Gasteiger partial charge < -0.3 is 14.6 Å². The Morgan fingerprint density at radius 2 is 2.25 bits per heavy atom. The van der Waals surface area contributed by atoms with E-state index in [-0.39, 0.29) is 18.2 Å². The number of morpholine rings is 1. The average Bonchev–Trinajstić information content (AvgIpc) is 2.59. The summed E-state index contributed by atoms with van der Waals surface area (Å²) in [6, 6.07) is 0.154. The fourth-order valence-electron chi connectivity index (χ4n) is 2.57.